The van der Waals surface area contributed by atoms with Crippen molar-refractivity contribution in [2.24, 2.45) is 0 Å². The number of hydrogen-bond donors (Lipinski definition) is 1. The Kier molecular flexibility index (Phi) is 2.37. The van der Waals surface area contributed by atoms with Gasteiger partial charge in [-0.15, -0.1) is 0 Å². The van der Waals surface area contributed by atoms with E-state index < -0.39 is 6.09 Å². The van der Waals surface area contributed by atoms with Crippen LogP contribution in [-0.4, -0.2) is 28.2 Å². The third kappa shape index (κ3) is 1.47. The van der Waals surface area contributed by atoms with E-state index >= 15 is 0 Å². The van der Waals surface area contributed by atoms with E-state index in [1.807, 2.05) is 13.8 Å². The molecule has 1 amide bonds. The standard InChI is InChI=1S/C8H15NO2/c1-3-7-5-4-6(2)9(7)8(10)11/h6-7H,3-5H2,1-2H3,(H,10,11). The topological polar surface area (TPSA) is 40.5 Å². The van der Waals surface area contributed by atoms with Gasteiger partial charge in [-0.2, -0.15) is 0 Å². The Morgan fingerprint density at radius 3 is 2.64 bits per heavy atom. The zero-order valence-corrected chi connectivity index (χ0v) is 7.08. The Hall–Kier alpha value is -0.730. The summed E-state index contributed by atoms with van der Waals surface area (Å²) in [7, 11) is 0. The van der Waals surface area contributed by atoms with E-state index in [-0.39, 0.29) is 12.1 Å². The number of carboxylic acid groups (broad SMARTS) is 1. The fraction of sp³-hybridized carbons (Fsp3) is 0.875. The number of nitrogens with zero attached hydrogens (tertiary/aromatic N) is 1. The Balaban J connectivity index is 2.63. The van der Waals surface area contributed by atoms with Gasteiger partial charge in [0.15, 0.2) is 0 Å². The van der Waals surface area contributed by atoms with Crippen LogP contribution in [0.1, 0.15) is 33.1 Å². The molecule has 0 aromatic carbocycles. The molecule has 1 heterocycles. The highest BCUT2D eigenvalue weighted by Gasteiger charge is 2.32. The minimum Gasteiger partial charge on any atom is -0.465 e. The summed E-state index contributed by atoms with van der Waals surface area (Å²) in [5.74, 6) is 0. The van der Waals surface area contributed by atoms with Crippen LogP contribution in [0.4, 0.5) is 4.79 Å². The number of carbonyl (C=O) groups is 1. The molecular formula is C8H15NO2. The van der Waals surface area contributed by atoms with Crippen LogP contribution >= 0.6 is 0 Å². The van der Waals surface area contributed by atoms with E-state index in [9.17, 15) is 4.79 Å². The maximum absolute atomic E-state index is 10.7. The van der Waals surface area contributed by atoms with Crippen molar-refractivity contribution in [1.29, 1.82) is 0 Å². The predicted octanol–water partition coefficient (Wildman–Crippen LogP) is 1.93. The molecule has 1 rings (SSSR count). The third-order valence-corrected chi connectivity index (χ3v) is 2.48. The normalized spacial score (nSPS) is 30.9. The molecule has 64 valence electrons. The van der Waals surface area contributed by atoms with E-state index in [1.54, 1.807) is 4.90 Å². The Bertz CT molecular complexity index is 158. The van der Waals surface area contributed by atoms with Crippen LogP contribution in [0, 0.1) is 0 Å². The summed E-state index contributed by atoms with van der Waals surface area (Å²) in [5.41, 5.74) is 0. The Morgan fingerprint density at radius 2 is 2.27 bits per heavy atom. The molecule has 1 aliphatic rings. The summed E-state index contributed by atoms with van der Waals surface area (Å²) in [5, 5.41) is 8.81. The minimum absolute atomic E-state index is 0.220. The number of likely N-dealkylation sites (tertiary alicyclic amines) is 1. The van der Waals surface area contributed by atoms with Crippen molar-refractivity contribution in [2.75, 3.05) is 0 Å². The molecule has 0 radical (unpaired) electrons. The summed E-state index contributed by atoms with van der Waals surface area (Å²) >= 11 is 0. The van der Waals surface area contributed by atoms with Crippen LogP contribution in [0.25, 0.3) is 0 Å². The fourth-order valence-corrected chi connectivity index (χ4v) is 1.82. The van der Waals surface area contributed by atoms with Gasteiger partial charge in [0.25, 0.3) is 0 Å². The van der Waals surface area contributed by atoms with Crippen molar-refractivity contribution in [1.82, 2.24) is 4.90 Å². The largest absolute Gasteiger partial charge is 0.465 e. The van der Waals surface area contributed by atoms with Crippen LogP contribution in [0.2, 0.25) is 0 Å². The first kappa shape index (κ1) is 8.37. The molecule has 1 fully saturated rings. The molecule has 1 saturated heterocycles. The average molecular weight is 157 g/mol. The summed E-state index contributed by atoms with van der Waals surface area (Å²) in [6.45, 7) is 4.02. The van der Waals surface area contributed by atoms with Crippen molar-refractivity contribution >= 4 is 6.09 Å². The van der Waals surface area contributed by atoms with Crippen molar-refractivity contribution in [3.8, 4) is 0 Å². The SMILES string of the molecule is CCC1CCC(C)N1C(=O)O. The van der Waals surface area contributed by atoms with E-state index in [0.717, 1.165) is 19.3 Å². The Labute approximate surface area is 67.0 Å². The zero-order chi connectivity index (χ0) is 8.43. The predicted molar refractivity (Wildman–Crippen MR) is 42.6 cm³/mol. The van der Waals surface area contributed by atoms with E-state index in [0.29, 0.717) is 0 Å². The minimum atomic E-state index is -0.762. The van der Waals surface area contributed by atoms with Crippen LogP contribution in [0.15, 0.2) is 0 Å². The van der Waals surface area contributed by atoms with Crippen molar-refractivity contribution in [2.45, 2.75) is 45.2 Å². The second-order valence-electron chi connectivity index (χ2n) is 3.18. The number of amides is 1. The summed E-state index contributed by atoms with van der Waals surface area (Å²) in [6, 6.07) is 0.486. The molecule has 3 nitrogen and oxygen atoms in total. The number of rotatable bonds is 1. The van der Waals surface area contributed by atoms with Gasteiger partial charge in [-0.3, -0.25) is 0 Å². The van der Waals surface area contributed by atoms with Crippen LogP contribution in [0.3, 0.4) is 0 Å². The fourth-order valence-electron chi connectivity index (χ4n) is 1.82. The van der Waals surface area contributed by atoms with Gasteiger partial charge in [0.2, 0.25) is 0 Å². The molecule has 11 heavy (non-hydrogen) atoms. The first-order valence-corrected chi connectivity index (χ1v) is 4.18. The monoisotopic (exact) mass is 157 g/mol. The lowest BCUT2D eigenvalue weighted by Gasteiger charge is -2.24. The van der Waals surface area contributed by atoms with E-state index in [4.69, 9.17) is 5.11 Å². The average Bonchev–Trinajstić information content (AvgIpc) is 2.30. The van der Waals surface area contributed by atoms with Crippen molar-refractivity contribution in [3.05, 3.63) is 0 Å². The molecule has 2 unspecified atom stereocenters. The van der Waals surface area contributed by atoms with Gasteiger partial charge in [-0.1, -0.05) is 6.92 Å². The van der Waals surface area contributed by atoms with Gasteiger partial charge < -0.3 is 10.0 Å². The Morgan fingerprint density at radius 1 is 1.64 bits per heavy atom. The smallest absolute Gasteiger partial charge is 0.407 e. The summed E-state index contributed by atoms with van der Waals surface area (Å²) < 4.78 is 0. The van der Waals surface area contributed by atoms with Crippen molar-refractivity contribution < 1.29 is 9.90 Å². The maximum atomic E-state index is 10.7. The molecule has 0 aromatic heterocycles. The second-order valence-corrected chi connectivity index (χ2v) is 3.18. The molecule has 0 bridgehead atoms. The van der Waals surface area contributed by atoms with Crippen LogP contribution < -0.4 is 0 Å². The van der Waals surface area contributed by atoms with Crippen LogP contribution in [0.5, 0.6) is 0 Å². The quantitative estimate of drug-likeness (QED) is 0.631. The highest BCUT2D eigenvalue weighted by atomic mass is 16.4. The lowest BCUT2D eigenvalue weighted by atomic mass is 10.2. The summed E-state index contributed by atoms with van der Waals surface area (Å²) in [4.78, 5) is 12.3. The van der Waals surface area contributed by atoms with Gasteiger partial charge in [-0.25, -0.2) is 4.79 Å². The maximum Gasteiger partial charge on any atom is 0.407 e. The lowest BCUT2D eigenvalue weighted by Crippen LogP contribution is -2.38. The molecule has 0 aliphatic carbocycles. The first-order chi connectivity index (χ1) is 5.16. The molecular weight excluding hydrogens is 142 g/mol. The highest BCUT2D eigenvalue weighted by molar-refractivity contribution is 5.66. The van der Waals surface area contributed by atoms with Crippen LogP contribution in [-0.2, 0) is 0 Å². The number of hydrogen-bond acceptors (Lipinski definition) is 1. The van der Waals surface area contributed by atoms with Gasteiger partial charge in [-0.05, 0) is 26.2 Å². The molecule has 3 heteroatoms. The summed E-state index contributed by atoms with van der Waals surface area (Å²) in [6.07, 6.45) is 2.23. The zero-order valence-electron chi connectivity index (χ0n) is 7.08. The molecule has 2 atom stereocenters. The molecule has 0 aromatic rings. The molecule has 0 spiro atoms. The van der Waals surface area contributed by atoms with E-state index in [2.05, 4.69) is 0 Å². The first-order valence-electron chi connectivity index (χ1n) is 4.18. The van der Waals surface area contributed by atoms with Gasteiger partial charge in [0.1, 0.15) is 0 Å². The third-order valence-electron chi connectivity index (χ3n) is 2.48. The molecule has 0 saturated carbocycles. The second kappa shape index (κ2) is 3.11. The van der Waals surface area contributed by atoms with Gasteiger partial charge in [0, 0.05) is 12.1 Å². The lowest BCUT2D eigenvalue weighted by molar-refractivity contribution is 0.124. The van der Waals surface area contributed by atoms with Gasteiger partial charge >= 0.3 is 6.09 Å². The van der Waals surface area contributed by atoms with E-state index in [1.165, 1.54) is 0 Å². The van der Waals surface area contributed by atoms with Gasteiger partial charge in [0.05, 0.1) is 0 Å². The molecule has 1 N–H and O–H groups in total. The van der Waals surface area contributed by atoms with Crippen molar-refractivity contribution in [3.63, 3.8) is 0 Å². The highest BCUT2D eigenvalue weighted by Crippen LogP contribution is 2.25. The molecule has 1 aliphatic heterocycles.